The van der Waals surface area contributed by atoms with Crippen LogP contribution in [0.3, 0.4) is 0 Å². The summed E-state index contributed by atoms with van der Waals surface area (Å²) in [5.41, 5.74) is 2.87. The van der Waals surface area contributed by atoms with E-state index in [0.29, 0.717) is 12.0 Å². The number of thiazole rings is 1. The minimum Gasteiger partial charge on any atom is -0.308 e. The maximum atomic E-state index is 4.92. The van der Waals surface area contributed by atoms with Crippen molar-refractivity contribution in [3.05, 3.63) is 51.5 Å². The van der Waals surface area contributed by atoms with E-state index in [1.165, 1.54) is 46.8 Å². The van der Waals surface area contributed by atoms with Gasteiger partial charge in [0.15, 0.2) is 0 Å². The zero-order valence-corrected chi connectivity index (χ0v) is 12.5. The fraction of sp³-hybridized carbons (Fsp3) is 0.471. The van der Waals surface area contributed by atoms with Crippen molar-refractivity contribution in [3.8, 4) is 0 Å². The molecule has 1 aromatic carbocycles. The second-order valence-corrected chi connectivity index (χ2v) is 7.04. The van der Waals surface area contributed by atoms with Gasteiger partial charge in [-0.15, -0.1) is 11.3 Å². The van der Waals surface area contributed by atoms with Crippen LogP contribution >= 0.6 is 11.3 Å². The van der Waals surface area contributed by atoms with Crippen molar-refractivity contribution in [1.29, 1.82) is 0 Å². The Morgan fingerprint density at radius 2 is 2.05 bits per heavy atom. The number of hydrogen-bond acceptors (Lipinski definition) is 3. The lowest BCUT2D eigenvalue weighted by molar-refractivity contribution is 0.580. The molecule has 1 aliphatic heterocycles. The summed E-state index contributed by atoms with van der Waals surface area (Å²) in [6, 6.07) is 11.5. The highest BCUT2D eigenvalue weighted by atomic mass is 32.1. The highest BCUT2D eigenvalue weighted by Gasteiger charge is 2.26. The average Bonchev–Trinajstić information content (AvgIpc) is 3.16. The monoisotopic (exact) mass is 284 g/mol. The number of aryl methyl sites for hydroxylation is 1. The van der Waals surface area contributed by atoms with E-state index < -0.39 is 0 Å². The molecule has 2 atom stereocenters. The van der Waals surface area contributed by atoms with Crippen LogP contribution in [0.25, 0.3) is 0 Å². The molecular weight excluding hydrogens is 264 g/mol. The zero-order valence-electron chi connectivity index (χ0n) is 11.6. The maximum Gasteiger partial charge on any atom is 0.110 e. The lowest BCUT2D eigenvalue weighted by atomic mass is 9.85. The summed E-state index contributed by atoms with van der Waals surface area (Å²) in [7, 11) is 0. The average molecular weight is 284 g/mol. The molecule has 0 radical (unpaired) electrons. The molecule has 104 valence electrons. The van der Waals surface area contributed by atoms with Gasteiger partial charge in [0.2, 0.25) is 0 Å². The molecule has 2 nitrogen and oxygen atoms in total. The smallest absolute Gasteiger partial charge is 0.110 e. The molecule has 1 aromatic heterocycles. The molecule has 0 bridgehead atoms. The summed E-state index contributed by atoms with van der Waals surface area (Å²) in [5, 5.41) is 4.91. The van der Waals surface area contributed by atoms with Gasteiger partial charge in [0.05, 0.1) is 11.7 Å². The maximum absolute atomic E-state index is 4.92. The van der Waals surface area contributed by atoms with Crippen LogP contribution in [0.4, 0.5) is 0 Å². The molecule has 1 saturated heterocycles. The number of rotatable bonds is 2. The quantitative estimate of drug-likeness (QED) is 0.906. The Hall–Kier alpha value is -1.19. The first-order valence-corrected chi connectivity index (χ1v) is 8.48. The van der Waals surface area contributed by atoms with Gasteiger partial charge in [-0.3, -0.25) is 0 Å². The molecule has 2 aliphatic rings. The molecule has 20 heavy (non-hydrogen) atoms. The number of fused-ring (bicyclic) bond motifs is 1. The highest BCUT2D eigenvalue weighted by Crippen LogP contribution is 2.38. The van der Waals surface area contributed by atoms with Gasteiger partial charge in [-0.25, -0.2) is 4.98 Å². The first kappa shape index (κ1) is 12.5. The Morgan fingerprint density at radius 1 is 1.15 bits per heavy atom. The van der Waals surface area contributed by atoms with Crippen molar-refractivity contribution in [1.82, 2.24) is 10.3 Å². The van der Waals surface area contributed by atoms with Crippen LogP contribution in [0.5, 0.6) is 0 Å². The second-order valence-electron chi connectivity index (χ2n) is 5.92. The summed E-state index contributed by atoms with van der Waals surface area (Å²) >= 11 is 1.96. The number of hydrogen-bond donors (Lipinski definition) is 1. The van der Waals surface area contributed by atoms with Gasteiger partial charge in [-0.2, -0.15) is 0 Å². The zero-order chi connectivity index (χ0) is 13.4. The van der Waals surface area contributed by atoms with Gasteiger partial charge >= 0.3 is 0 Å². The van der Waals surface area contributed by atoms with Crippen molar-refractivity contribution in [3.63, 3.8) is 0 Å². The standard InChI is InChI=1S/C17H20N2S/c1-2-5-12(6-3-1)13-8-9-14-16(11-13)20-17(19-14)15-7-4-10-18-15/h1-3,5-6,13,15,18H,4,7-11H2. The van der Waals surface area contributed by atoms with Crippen LogP contribution in [-0.2, 0) is 12.8 Å². The van der Waals surface area contributed by atoms with Gasteiger partial charge in [-0.05, 0) is 50.1 Å². The molecule has 0 saturated carbocycles. The van der Waals surface area contributed by atoms with Crippen molar-refractivity contribution in [2.24, 2.45) is 0 Å². The van der Waals surface area contributed by atoms with Crippen molar-refractivity contribution in [2.45, 2.75) is 44.1 Å². The van der Waals surface area contributed by atoms with E-state index in [1.807, 2.05) is 11.3 Å². The molecule has 0 amide bonds. The Bertz CT molecular complexity index is 584. The fourth-order valence-corrected chi connectivity index (χ4v) is 4.75. The van der Waals surface area contributed by atoms with Crippen LogP contribution in [-0.4, -0.2) is 11.5 Å². The first-order valence-electron chi connectivity index (χ1n) is 7.67. The van der Waals surface area contributed by atoms with Crippen LogP contribution < -0.4 is 5.32 Å². The lowest BCUT2D eigenvalue weighted by Crippen LogP contribution is -2.13. The highest BCUT2D eigenvalue weighted by molar-refractivity contribution is 7.11. The van der Waals surface area contributed by atoms with E-state index >= 15 is 0 Å². The number of aromatic nitrogens is 1. The Morgan fingerprint density at radius 3 is 2.85 bits per heavy atom. The molecule has 3 heteroatoms. The van der Waals surface area contributed by atoms with E-state index in [2.05, 4.69) is 35.6 Å². The minimum atomic E-state index is 0.528. The Kier molecular flexibility index (Phi) is 3.32. The SMILES string of the molecule is c1ccc(C2CCc3nc(C4CCCN4)sc3C2)cc1. The molecule has 2 aromatic rings. The molecule has 2 unspecified atom stereocenters. The van der Waals surface area contributed by atoms with Crippen LogP contribution in [0.2, 0.25) is 0 Å². The largest absolute Gasteiger partial charge is 0.308 e. The third-order valence-electron chi connectivity index (χ3n) is 4.59. The van der Waals surface area contributed by atoms with Crippen molar-refractivity contribution in [2.75, 3.05) is 6.54 Å². The molecule has 1 fully saturated rings. The number of nitrogens with zero attached hydrogens (tertiary/aromatic N) is 1. The van der Waals surface area contributed by atoms with Crippen LogP contribution in [0.15, 0.2) is 30.3 Å². The van der Waals surface area contributed by atoms with Crippen LogP contribution in [0, 0.1) is 0 Å². The van der Waals surface area contributed by atoms with E-state index in [4.69, 9.17) is 4.98 Å². The summed E-state index contributed by atoms with van der Waals surface area (Å²) < 4.78 is 0. The predicted octanol–water partition coefficient (Wildman–Crippen LogP) is 3.84. The molecule has 1 aliphatic carbocycles. The predicted molar refractivity (Wildman–Crippen MR) is 83.3 cm³/mol. The van der Waals surface area contributed by atoms with Gasteiger partial charge in [0.25, 0.3) is 0 Å². The van der Waals surface area contributed by atoms with Gasteiger partial charge in [0.1, 0.15) is 5.01 Å². The molecule has 2 heterocycles. The summed E-state index contributed by atoms with van der Waals surface area (Å²) in [6.07, 6.45) is 6.14. The van der Waals surface area contributed by atoms with Crippen molar-refractivity contribution < 1.29 is 0 Å². The van der Waals surface area contributed by atoms with E-state index in [1.54, 1.807) is 0 Å². The van der Waals surface area contributed by atoms with Gasteiger partial charge in [-0.1, -0.05) is 30.3 Å². The fourth-order valence-electron chi connectivity index (χ4n) is 3.45. The number of benzene rings is 1. The topological polar surface area (TPSA) is 24.9 Å². The molecule has 4 rings (SSSR count). The summed E-state index contributed by atoms with van der Waals surface area (Å²) in [5.74, 6) is 0.688. The van der Waals surface area contributed by atoms with E-state index in [9.17, 15) is 0 Å². The molecule has 0 spiro atoms. The van der Waals surface area contributed by atoms with Crippen molar-refractivity contribution >= 4 is 11.3 Å². The summed E-state index contributed by atoms with van der Waals surface area (Å²) in [6.45, 7) is 1.15. The third kappa shape index (κ3) is 2.29. The number of nitrogens with one attached hydrogen (secondary N) is 1. The lowest BCUT2D eigenvalue weighted by Gasteiger charge is -2.21. The first-order chi connectivity index (χ1) is 9.90. The molecular formula is C17H20N2S. The Labute approximate surface area is 124 Å². The van der Waals surface area contributed by atoms with E-state index in [0.717, 1.165) is 13.0 Å². The van der Waals surface area contributed by atoms with E-state index in [-0.39, 0.29) is 0 Å². The normalized spacial score (nSPS) is 25.6. The second kappa shape index (κ2) is 5.30. The van der Waals surface area contributed by atoms with Crippen LogP contribution in [0.1, 0.15) is 52.4 Å². The Balaban J connectivity index is 1.57. The summed E-state index contributed by atoms with van der Waals surface area (Å²) in [4.78, 5) is 6.45. The molecule has 1 N–H and O–H groups in total. The third-order valence-corrected chi connectivity index (χ3v) is 5.82. The van der Waals surface area contributed by atoms with Gasteiger partial charge < -0.3 is 5.32 Å². The minimum absolute atomic E-state index is 0.528. The van der Waals surface area contributed by atoms with Gasteiger partial charge in [0, 0.05) is 4.88 Å².